The van der Waals surface area contributed by atoms with Crippen molar-refractivity contribution in [2.75, 3.05) is 23.3 Å². The lowest BCUT2D eigenvalue weighted by atomic mass is 10.2. The highest BCUT2D eigenvalue weighted by molar-refractivity contribution is 6.32. The van der Waals surface area contributed by atoms with E-state index in [9.17, 15) is 10.1 Å². The van der Waals surface area contributed by atoms with E-state index < -0.39 is 4.92 Å². The van der Waals surface area contributed by atoms with Crippen molar-refractivity contribution in [2.45, 2.75) is 12.5 Å². The molecule has 1 unspecified atom stereocenters. The summed E-state index contributed by atoms with van der Waals surface area (Å²) < 4.78 is 1.23. The molecule has 0 saturated carbocycles. The van der Waals surface area contributed by atoms with Crippen LogP contribution in [0.25, 0.3) is 5.65 Å². The van der Waals surface area contributed by atoms with Gasteiger partial charge in [-0.1, -0.05) is 21.2 Å². The van der Waals surface area contributed by atoms with Crippen molar-refractivity contribution in [2.24, 2.45) is 0 Å². The van der Waals surface area contributed by atoms with E-state index in [0.717, 1.165) is 25.3 Å². The molecule has 0 amide bonds. The summed E-state index contributed by atoms with van der Waals surface area (Å²) >= 11 is 6.20. The maximum absolute atomic E-state index is 11.0. The third kappa shape index (κ3) is 2.93. The first-order valence-corrected chi connectivity index (χ1v) is 8.11. The number of hydrogen-bond donors (Lipinski definition) is 1. The topological polar surface area (TPSA) is 101 Å². The lowest BCUT2D eigenvalue weighted by Gasteiger charge is -2.18. The number of nitro groups is 1. The molecule has 1 aliphatic rings. The molecule has 9 nitrogen and oxygen atoms in total. The van der Waals surface area contributed by atoms with Crippen molar-refractivity contribution >= 4 is 34.7 Å². The first kappa shape index (κ1) is 15.6. The number of aromatic nitrogens is 4. The van der Waals surface area contributed by atoms with Crippen molar-refractivity contribution < 1.29 is 4.92 Å². The highest BCUT2D eigenvalue weighted by Crippen LogP contribution is 2.26. The van der Waals surface area contributed by atoms with E-state index in [0.29, 0.717) is 16.5 Å². The quantitative estimate of drug-likeness (QED) is 0.563. The summed E-state index contributed by atoms with van der Waals surface area (Å²) in [6.45, 7) is 1.55. The monoisotopic (exact) mass is 359 g/mol. The Morgan fingerprint density at radius 3 is 3.00 bits per heavy atom. The van der Waals surface area contributed by atoms with Crippen LogP contribution >= 0.6 is 11.6 Å². The molecule has 4 heterocycles. The van der Waals surface area contributed by atoms with E-state index in [1.807, 2.05) is 6.07 Å². The van der Waals surface area contributed by atoms with E-state index in [1.165, 1.54) is 10.7 Å². The maximum atomic E-state index is 11.0. The molecule has 0 aromatic carbocycles. The van der Waals surface area contributed by atoms with Crippen molar-refractivity contribution in [1.29, 1.82) is 0 Å². The molecule has 128 valence electrons. The predicted molar refractivity (Wildman–Crippen MR) is 93.1 cm³/mol. The van der Waals surface area contributed by atoms with Crippen LogP contribution in [0.4, 0.5) is 17.5 Å². The van der Waals surface area contributed by atoms with Gasteiger partial charge in [0, 0.05) is 31.4 Å². The number of hydrogen-bond acceptors (Lipinski definition) is 7. The van der Waals surface area contributed by atoms with Crippen LogP contribution in [0.3, 0.4) is 0 Å². The predicted octanol–water partition coefficient (Wildman–Crippen LogP) is 2.38. The molecular weight excluding hydrogens is 346 g/mol. The standard InChI is InChI=1S/C15H14ClN7O2/c16-11-2-1-6-17-15(11)21-7-5-10(9-21)19-12-3-4-13-18-8-14(23(24)25)22(13)20-12/h1-4,6,8,10H,5,7,9H2,(H,19,20). The molecule has 1 aliphatic heterocycles. The summed E-state index contributed by atoms with van der Waals surface area (Å²) in [5, 5.41) is 19.2. The highest BCUT2D eigenvalue weighted by atomic mass is 35.5. The fourth-order valence-electron chi connectivity index (χ4n) is 2.95. The summed E-state index contributed by atoms with van der Waals surface area (Å²) in [5.41, 5.74) is 0.436. The van der Waals surface area contributed by atoms with Gasteiger partial charge in [-0.05, 0) is 29.5 Å². The molecule has 1 saturated heterocycles. The zero-order valence-electron chi connectivity index (χ0n) is 13.0. The SMILES string of the molecule is O=[N+]([O-])c1cnc2ccc(NC3CCN(c4ncccc4Cl)C3)nn12. The summed E-state index contributed by atoms with van der Waals surface area (Å²) in [7, 11) is 0. The number of nitrogens with zero attached hydrogens (tertiary/aromatic N) is 6. The third-order valence-corrected chi connectivity index (χ3v) is 4.41. The Morgan fingerprint density at radius 2 is 2.20 bits per heavy atom. The van der Waals surface area contributed by atoms with Crippen LogP contribution in [0, 0.1) is 10.1 Å². The Bertz CT molecular complexity index is 945. The van der Waals surface area contributed by atoms with Crippen LogP contribution in [0.5, 0.6) is 0 Å². The van der Waals surface area contributed by atoms with Gasteiger partial charge in [-0.25, -0.2) is 9.97 Å². The molecule has 10 heteroatoms. The van der Waals surface area contributed by atoms with Crippen LogP contribution in [0.2, 0.25) is 5.02 Å². The molecule has 0 radical (unpaired) electrons. The maximum Gasteiger partial charge on any atom is 0.368 e. The molecule has 1 atom stereocenters. The number of anilines is 2. The van der Waals surface area contributed by atoms with Crippen molar-refractivity contribution in [3.63, 3.8) is 0 Å². The fraction of sp³-hybridized carbons (Fsp3) is 0.267. The largest absolute Gasteiger partial charge is 0.368 e. The number of imidazole rings is 1. The highest BCUT2D eigenvalue weighted by Gasteiger charge is 2.25. The van der Waals surface area contributed by atoms with Gasteiger partial charge in [-0.2, -0.15) is 0 Å². The molecule has 1 N–H and O–H groups in total. The van der Waals surface area contributed by atoms with E-state index in [1.54, 1.807) is 24.4 Å². The van der Waals surface area contributed by atoms with Crippen LogP contribution in [0.15, 0.2) is 36.7 Å². The zero-order valence-corrected chi connectivity index (χ0v) is 13.8. The van der Waals surface area contributed by atoms with E-state index >= 15 is 0 Å². The van der Waals surface area contributed by atoms with Gasteiger partial charge in [-0.15, -0.1) is 0 Å². The zero-order chi connectivity index (χ0) is 17.4. The smallest absolute Gasteiger partial charge is 0.362 e. The lowest BCUT2D eigenvalue weighted by molar-refractivity contribution is -0.391. The van der Waals surface area contributed by atoms with Crippen molar-refractivity contribution in [1.82, 2.24) is 19.6 Å². The van der Waals surface area contributed by atoms with Gasteiger partial charge in [0.05, 0.1) is 5.02 Å². The van der Waals surface area contributed by atoms with Crippen molar-refractivity contribution in [3.8, 4) is 0 Å². The molecule has 0 spiro atoms. The minimum atomic E-state index is -0.503. The van der Waals surface area contributed by atoms with E-state index in [2.05, 4.69) is 25.3 Å². The van der Waals surface area contributed by atoms with Gasteiger partial charge in [0.2, 0.25) is 5.65 Å². The second-order valence-corrected chi connectivity index (χ2v) is 6.15. The number of pyridine rings is 1. The van der Waals surface area contributed by atoms with Crippen LogP contribution in [0.1, 0.15) is 6.42 Å². The third-order valence-electron chi connectivity index (χ3n) is 4.11. The van der Waals surface area contributed by atoms with Crippen LogP contribution in [-0.4, -0.2) is 43.6 Å². The number of rotatable bonds is 4. The summed E-state index contributed by atoms with van der Waals surface area (Å²) in [4.78, 5) is 20.9. The number of fused-ring (bicyclic) bond motifs is 1. The normalized spacial score (nSPS) is 17.2. The summed E-state index contributed by atoms with van der Waals surface area (Å²) in [6, 6.07) is 7.23. The Labute approximate surface area is 147 Å². The Morgan fingerprint density at radius 1 is 1.32 bits per heavy atom. The first-order valence-electron chi connectivity index (χ1n) is 7.73. The molecule has 0 bridgehead atoms. The Kier molecular flexibility index (Phi) is 3.85. The van der Waals surface area contributed by atoms with Gasteiger partial charge < -0.3 is 20.3 Å². The average Bonchev–Trinajstić information content (AvgIpc) is 3.22. The molecule has 25 heavy (non-hydrogen) atoms. The molecule has 3 aromatic heterocycles. The second-order valence-electron chi connectivity index (χ2n) is 5.75. The van der Waals surface area contributed by atoms with Gasteiger partial charge >= 0.3 is 5.82 Å². The molecular formula is C15H14ClN7O2. The lowest BCUT2D eigenvalue weighted by Crippen LogP contribution is -2.27. The van der Waals surface area contributed by atoms with Gasteiger partial charge in [0.1, 0.15) is 12.0 Å². The second kappa shape index (κ2) is 6.17. The van der Waals surface area contributed by atoms with Gasteiger partial charge in [-0.3, -0.25) is 0 Å². The van der Waals surface area contributed by atoms with Crippen LogP contribution < -0.4 is 10.2 Å². The number of halogens is 1. The van der Waals surface area contributed by atoms with Crippen LogP contribution in [-0.2, 0) is 0 Å². The molecule has 4 rings (SSSR count). The average molecular weight is 360 g/mol. The molecule has 0 aliphatic carbocycles. The van der Waals surface area contributed by atoms with Gasteiger partial charge in [0.15, 0.2) is 5.82 Å². The number of nitrogens with one attached hydrogen (secondary N) is 1. The minimum absolute atomic E-state index is 0.144. The Balaban J connectivity index is 1.51. The fourth-order valence-corrected chi connectivity index (χ4v) is 3.19. The first-order chi connectivity index (χ1) is 12.1. The van der Waals surface area contributed by atoms with E-state index in [-0.39, 0.29) is 11.9 Å². The van der Waals surface area contributed by atoms with Gasteiger partial charge in [0.25, 0.3) is 0 Å². The minimum Gasteiger partial charge on any atom is -0.362 e. The van der Waals surface area contributed by atoms with E-state index in [4.69, 9.17) is 11.6 Å². The molecule has 3 aromatic rings. The van der Waals surface area contributed by atoms with Crippen molar-refractivity contribution in [3.05, 3.63) is 51.8 Å². The summed E-state index contributed by atoms with van der Waals surface area (Å²) in [6.07, 6.45) is 3.81. The summed E-state index contributed by atoms with van der Waals surface area (Å²) in [5.74, 6) is 1.17. The molecule has 1 fully saturated rings. The Hall–Kier alpha value is -2.94.